The van der Waals surface area contributed by atoms with E-state index in [9.17, 15) is 14.7 Å². The van der Waals surface area contributed by atoms with Crippen molar-refractivity contribution < 1.29 is 24.5 Å². The highest BCUT2D eigenvalue weighted by atomic mass is 32.2. The lowest BCUT2D eigenvalue weighted by Crippen LogP contribution is -2.27. The van der Waals surface area contributed by atoms with Crippen LogP contribution >= 0.6 is 11.8 Å². The molecule has 2 aromatic rings. The minimum absolute atomic E-state index is 0.0831. The molecule has 28 heavy (non-hydrogen) atoms. The summed E-state index contributed by atoms with van der Waals surface area (Å²) in [4.78, 5) is 24.5. The molecule has 2 aromatic carbocycles. The topological polar surface area (TPSA) is 95.9 Å². The normalized spacial score (nSPS) is 12.5. The number of carboxylic acid groups (broad SMARTS) is 1. The first kappa shape index (κ1) is 21.4. The van der Waals surface area contributed by atoms with Gasteiger partial charge in [-0.1, -0.05) is 32.1 Å². The minimum Gasteiger partial charge on any atom is -0.508 e. The minimum atomic E-state index is -1.09. The van der Waals surface area contributed by atoms with E-state index in [-0.39, 0.29) is 5.75 Å². The number of phenolic OH excluding ortho intramolecular Hbond substituents is 1. The summed E-state index contributed by atoms with van der Waals surface area (Å²) >= 11 is 1.60. The van der Waals surface area contributed by atoms with Crippen LogP contribution < -0.4 is 5.32 Å². The van der Waals surface area contributed by atoms with Gasteiger partial charge >= 0.3 is 12.1 Å². The van der Waals surface area contributed by atoms with Crippen LogP contribution in [-0.2, 0) is 9.53 Å². The number of benzene rings is 2. The standard InChI is InChI=1S/C21H23NO5S/c1-21(2,13-12-18(24)25)19(14-4-8-16(23)9-5-14)27-20(26)22-15-6-10-17(28-3)11-7-15/h4-13,19,23H,1-3H3,(H,22,26)(H,24,25)/b13-12+/t19-/m1/s1. The maximum atomic E-state index is 12.5. The number of phenols is 1. The quantitative estimate of drug-likeness (QED) is 0.443. The van der Waals surface area contributed by atoms with Crippen molar-refractivity contribution in [3.63, 3.8) is 0 Å². The summed E-state index contributed by atoms with van der Waals surface area (Å²) in [6.07, 6.45) is 3.04. The largest absolute Gasteiger partial charge is 0.508 e. The molecule has 0 saturated heterocycles. The number of anilines is 1. The molecule has 0 aromatic heterocycles. The number of hydrogen-bond acceptors (Lipinski definition) is 5. The zero-order valence-electron chi connectivity index (χ0n) is 15.9. The van der Waals surface area contributed by atoms with E-state index in [1.165, 1.54) is 18.2 Å². The van der Waals surface area contributed by atoms with Gasteiger partial charge in [0.05, 0.1) is 0 Å². The van der Waals surface area contributed by atoms with Gasteiger partial charge in [-0.15, -0.1) is 11.8 Å². The Hall–Kier alpha value is -2.93. The average molecular weight is 401 g/mol. The number of nitrogens with one attached hydrogen (secondary N) is 1. The Bertz CT molecular complexity index is 844. The van der Waals surface area contributed by atoms with Crippen LogP contribution in [0.15, 0.2) is 65.6 Å². The lowest BCUT2D eigenvalue weighted by atomic mass is 9.82. The van der Waals surface area contributed by atoms with Gasteiger partial charge in [0.2, 0.25) is 0 Å². The van der Waals surface area contributed by atoms with Crippen molar-refractivity contribution in [1.82, 2.24) is 0 Å². The van der Waals surface area contributed by atoms with Crippen LogP contribution in [0.1, 0.15) is 25.5 Å². The SMILES string of the molecule is CSc1ccc(NC(=O)O[C@H](c2ccc(O)cc2)C(C)(C)/C=C/C(=O)O)cc1. The van der Waals surface area contributed by atoms with E-state index in [1.807, 2.05) is 18.4 Å². The molecule has 0 fully saturated rings. The molecule has 3 N–H and O–H groups in total. The molecule has 0 aliphatic carbocycles. The molecule has 0 spiro atoms. The maximum Gasteiger partial charge on any atom is 0.412 e. The third-order valence-electron chi connectivity index (χ3n) is 4.09. The molecule has 0 unspecified atom stereocenters. The molecule has 0 heterocycles. The number of ether oxygens (including phenoxy) is 1. The van der Waals surface area contributed by atoms with Crippen molar-refractivity contribution in [1.29, 1.82) is 0 Å². The van der Waals surface area contributed by atoms with Crippen LogP contribution in [0.3, 0.4) is 0 Å². The van der Waals surface area contributed by atoms with Gasteiger partial charge in [-0.05, 0) is 48.2 Å². The Kier molecular flexibility index (Phi) is 7.12. The van der Waals surface area contributed by atoms with Crippen molar-refractivity contribution in [2.75, 3.05) is 11.6 Å². The molecular formula is C21H23NO5S. The number of thioether (sulfide) groups is 1. The summed E-state index contributed by atoms with van der Waals surface area (Å²) in [7, 11) is 0. The maximum absolute atomic E-state index is 12.5. The third kappa shape index (κ3) is 6.06. The molecule has 1 amide bonds. The average Bonchev–Trinajstić information content (AvgIpc) is 2.66. The number of carboxylic acids is 1. The fraction of sp³-hybridized carbons (Fsp3) is 0.238. The molecule has 1 atom stereocenters. The smallest absolute Gasteiger partial charge is 0.412 e. The fourth-order valence-corrected chi connectivity index (χ4v) is 3.01. The number of aliphatic carboxylic acids is 1. The van der Waals surface area contributed by atoms with Gasteiger partial charge in [0, 0.05) is 22.1 Å². The molecule has 6 nitrogen and oxygen atoms in total. The Morgan fingerprint density at radius 3 is 2.25 bits per heavy atom. The Labute approximate surface area is 168 Å². The highest BCUT2D eigenvalue weighted by Gasteiger charge is 2.32. The van der Waals surface area contributed by atoms with Gasteiger partial charge in [0.25, 0.3) is 0 Å². The first-order valence-electron chi connectivity index (χ1n) is 8.54. The van der Waals surface area contributed by atoms with Crippen LogP contribution in [0.2, 0.25) is 0 Å². The van der Waals surface area contributed by atoms with Crippen LogP contribution in [0, 0.1) is 5.41 Å². The number of hydrogen-bond donors (Lipinski definition) is 3. The zero-order chi connectivity index (χ0) is 20.7. The lowest BCUT2D eigenvalue weighted by molar-refractivity contribution is -0.131. The molecule has 0 radical (unpaired) electrons. The molecular weight excluding hydrogens is 378 g/mol. The van der Waals surface area contributed by atoms with Crippen molar-refractivity contribution in [3.05, 3.63) is 66.2 Å². The van der Waals surface area contributed by atoms with Gasteiger partial charge in [-0.2, -0.15) is 0 Å². The zero-order valence-corrected chi connectivity index (χ0v) is 16.7. The van der Waals surface area contributed by atoms with Gasteiger partial charge in [-0.25, -0.2) is 9.59 Å². The second kappa shape index (κ2) is 9.32. The second-order valence-corrected chi connectivity index (χ2v) is 7.60. The van der Waals surface area contributed by atoms with Crippen molar-refractivity contribution >= 4 is 29.5 Å². The van der Waals surface area contributed by atoms with E-state index in [4.69, 9.17) is 9.84 Å². The van der Waals surface area contributed by atoms with Crippen LogP contribution in [0.4, 0.5) is 10.5 Å². The Morgan fingerprint density at radius 1 is 1.11 bits per heavy atom. The lowest BCUT2D eigenvalue weighted by Gasteiger charge is -2.31. The third-order valence-corrected chi connectivity index (χ3v) is 4.83. The summed E-state index contributed by atoms with van der Waals surface area (Å²) in [6, 6.07) is 13.6. The number of aromatic hydroxyl groups is 1. The van der Waals surface area contributed by atoms with Crippen molar-refractivity contribution in [2.45, 2.75) is 24.8 Å². The monoisotopic (exact) mass is 401 g/mol. The molecule has 0 aliphatic heterocycles. The Morgan fingerprint density at radius 2 is 1.71 bits per heavy atom. The van der Waals surface area contributed by atoms with Crippen molar-refractivity contribution in [3.8, 4) is 5.75 Å². The van der Waals surface area contributed by atoms with Gasteiger partial charge < -0.3 is 14.9 Å². The van der Waals surface area contributed by atoms with E-state index in [0.717, 1.165) is 11.0 Å². The van der Waals surface area contributed by atoms with E-state index < -0.39 is 23.6 Å². The van der Waals surface area contributed by atoms with Crippen molar-refractivity contribution in [2.24, 2.45) is 5.41 Å². The van der Waals surface area contributed by atoms with E-state index in [1.54, 1.807) is 49.9 Å². The fourth-order valence-electron chi connectivity index (χ4n) is 2.60. The molecule has 2 rings (SSSR count). The van der Waals surface area contributed by atoms with E-state index in [0.29, 0.717) is 11.3 Å². The molecule has 0 saturated carbocycles. The molecule has 0 aliphatic rings. The first-order chi connectivity index (χ1) is 13.2. The number of amides is 1. The van der Waals surface area contributed by atoms with Crippen LogP contribution in [0.25, 0.3) is 0 Å². The molecule has 7 heteroatoms. The predicted molar refractivity (Wildman–Crippen MR) is 110 cm³/mol. The molecule has 148 valence electrons. The summed E-state index contributed by atoms with van der Waals surface area (Å²) in [5, 5.41) is 21.1. The summed E-state index contributed by atoms with van der Waals surface area (Å²) in [5.41, 5.74) is 0.409. The first-order valence-corrected chi connectivity index (χ1v) is 9.76. The van der Waals surface area contributed by atoms with Gasteiger partial charge in [0.15, 0.2) is 0 Å². The highest BCUT2D eigenvalue weighted by molar-refractivity contribution is 7.98. The molecule has 0 bridgehead atoms. The highest BCUT2D eigenvalue weighted by Crippen LogP contribution is 2.38. The Balaban J connectivity index is 2.23. The van der Waals surface area contributed by atoms with Crippen LogP contribution in [-0.4, -0.2) is 28.5 Å². The van der Waals surface area contributed by atoms with Crippen LogP contribution in [0.5, 0.6) is 5.75 Å². The predicted octanol–water partition coefficient (Wildman–Crippen LogP) is 5.07. The number of rotatable bonds is 7. The van der Waals surface area contributed by atoms with Gasteiger partial charge in [0.1, 0.15) is 11.9 Å². The second-order valence-electron chi connectivity index (χ2n) is 6.72. The summed E-state index contributed by atoms with van der Waals surface area (Å²) < 4.78 is 5.65. The van der Waals surface area contributed by atoms with Gasteiger partial charge in [-0.3, -0.25) is 5.32 Å². The van der Waals surface area contributed by atoms with E-state index in [2.05, 4.69) is 5.32 Å². The number of carbonyl (C=O) groups is 2. The number of carbonyl (C=O) groups excluding carboxylic acids is 1. The van der Waals surface area contributed by atoms with E-state index >= 15 is 0 Å². The summed E-state index contributed by atoms with van der Waals surface area (Å²) in [5.74, 6) is -1.00. The summed E-state index contributed by atoms with van der Waals surface area (Å²) in [6.45, 7) is 3.54.